The molecule has 138 valence electrons. The predicted octanol–water partition coefficient (Wildman–Crippen LogP) is 3.76. The standard InChI is InChI=1S/C20H21FO4S/c1-19(2)20(13-17(22)25-19,18(21)14-7-5-4-6-8-14)15-9-11-16(12-10-15)26(3,23)24/h4-12,18H,13H2,1-3H3. The van der Waals surface area contributed by atoms with Gasteiger partial charge in [-0.25, -0.2) is 12.8 Å². The fourth-order valence-corrected chi connectivity index (χ4v) is 4.38. The van der Waals surface area contributed by atoms with Crippen molar-refractivity contribution in [1.82, 2.24) is 0 Å². The Kier molecular flexibility index (Phi) is 4.43. The van der Waals surface area contributed by atoms with Crippen LogP contribution in [0, 0.1) is 0 Å². The number of ether oxygens (including phenoxy) is 1. The summed E-state index contributed by atoms with van der Waals surface area (Å²) in [5.74, 6) is -0.472. The quantitative estimate of drug-likeness (QED) is 0.762. The zero-order chi connectivity index (χ0) is 19.2. The number of cyclic esters (lactones) is 1. The highest BCUT2D eigenvalue weighted by atomic mass is 32.2. The second-order valence-corrected chi connectivity index (χ2v) is 9.22. The largest absolute Gasteiger partial charge is 0.459 e. The van der Waals surface area contributed by atoms with Crippen molar-refractivity contribution in [2.45, 2.75) is 42.4 Å². The zero-order valence-corrected chi connectivity index (χ0v) is 15.7. The SMILES string of the molecule is CC1(C)OC(=O)CC1(c1ccc(S(C)(=O)=O)cc1)C(F)c1ccccc1. The molecule has 1 aliphatic rings. The van der Waals surface area contributed by atoms with E-state index in [4.69, 9.17) is 4.74 Å². The molecule has 6 heteroatoms. The van der Waals surface area contributed by atoms with Gasteiger partial charge in [-0.3, -0.25) is 4.79 Å². The summed E-state index contributed by atoms with van der Waals surface area (Å²) in [6.07, 6.45) is -0.491. The van der Waals surface area contributed by atoms with Gasteiger partial charge in [0.2, 0.25) is 0 Å². The Bertz CT molecular complexity index is 920. The minimum absolute atomic E-state index is 0.117. The second kappa shape index (κ2) is 6.20. The molecule has 2 atom stereocenters. The number of halogens is 1. The summed E-state index contributed by atoms with van der Waals surface area (Å²) in [4.78, 5) is 12.3. The van der Waals surface area contributed by atoms with E-state index in [2.05, 4.69) is 0 Å². The maximum Gasteiger partial charge on any atom is 0.307 e. The molecule has 0 radical (unpaired) electrons. The van der Waals surface area contributed by atoms with Crippen molar-refractivity contribution in [2.24, 2.45) is 0 Å². The van der Waals surface area contributed by atoms with Crippen molar-refractivity contribution < 1.29 is 22.3 Å². The minimum atomic E-state index is -3.37. The Hall–Kier alpha value is -2.21. The first-order valence-corrected chi connectivity index (χ1v) is 10.2. The van der Waals surface area contributed by atoms with Crippen molar-refractivity contribution in [2.75, 3.05) is 6.26 Å². The smallest absolute Gasteiger partial charge is 0.307 e. The molecule has 0 aliphatic carbocycles. The van der Waals surface area contributed by atoms with Crippen molar-refractivity contribution in [1.29, 1.82) is 0 Å². The number of carbonyl (C=O) groups excluding carboxylic acids is 1. The van der Waals surface area contributed by atoms with Crippen LogP contribution in [0.2, 0.25) is 0 Å². The van der Waals surface area contributed by atoms with E-state index in [-0.39, 0.29) is 11.3 Å². The van der Waals surface area contributed by atoms with Crippen LogP contribution in [0.1, 0.15) is 37.6 Å². The lowest BCUT2D eigenvalue weighted by molar-refractivity contribution is -0.147. The Morgan fingerprint density at radius 3 is 2.08 bits per heavy atom. The van der Waals surface area contributed by atoms with Crippen molar-refractivity contribution in [3.8, 4) is 0 Å². The van der Waals surface area contributed by atoms with E-state index in [0.717, 1.165) is 6.26 Å². The van der Waals surface area contributed by atoms with Gasteiger partial charge in [0, 0.05) is 6.26 Å². The summed E-state index contributed by atoms with van der Waals surface area (Å²) in [5, 5.41) is 0. The molecule has 1 fully saturated rings. The number of esters is 1. The zero-order valence-electron chi connectivity index (χ0n) is 14.9. The molecule has 2 aromatic rings. The summed E-state index contributed by atoms with van der Waals surface area (Å²) in [6.45, 7) is 3.38. The fraction of sp³-hybridized carbons (Fsp3) is 0.350. The summed E-state index contributed by atoms with van der Waals surface area (Å²) >= 11 is 0. The lowest BCUT2D eigenvalue weighted by Gasteiger charge is -2.41. The molecule has 3 rings (SSSR count). The van der Waals surface area contributed by atoms with Crippen LogP contribution < -0.4 is 0 Å². The van der Waals surface area contributed by atoms with Crippen LogP contribution in [0.15, 0.2) is 59.5 Å². The predicted molar refractivity (Wildman–Crippen MR) is 96.3 cm³/mol. The average molecular weight is 376 g/mol. The monoisotopic (exact) mass is 376 g/mol. The fourth-order valence-electron chi connectivity index (χ4n) is 3.75. The van der Waals surface area contributed by atoms with E-state index >= 15 is 4.39 Å². The Morgan fingerprint density at radius 1 is 1.04 bits per heavy atom. The topological polar surface area (TPSA) is 60.4 Å². The van der Waals surface area contributed by atoms with Crippen molar-refractivity contribution >= 4 is 15.8 Å². The van der Waals surface area contributed by atoms with Gasteiger partial charge >= 0.3 is 5.97 Å². The van der Waals surface area contributed by atoms with Crippen LogP contribution in [-0.4, -0.2) is 26.2 Å². The third-order valence-electron chi connectivity index (χ3n) is 5.19. The molecule has 0 saturated carbocycles. The Balaban J connectivity index is 2.18. The first-order chi connectivity index (χ1) is 12.1. The van der Waals surface area contributed by atoms with E-state index in [1.807, 2.05) is 0 Å². The van der Waals surface area contributed by atoms with E-state index in [0.29, 0.717) is 11.1 Å². The van der Waals surface area contributed by atoms with Gasteiger partial charge in [0.25, 0.3) is 0 Å². The lowest BCUT2D eigenvalue weighted by Crippen LogP contribution is -2.47. The van der Waals surface area contributed by atoms with E-state index in [1.54, 1.807) is 56.3 Å². The number of benzene rings is 2. The summed E-state index contributed by atoms with van der Waals surface area (Å²) < 4.78 is 44.8. The van der Waals surface area contributed by atoms with E-state index in [9.17, 15) is 13.2 Å². The number of hydrogen-bond acceptors (Lipinski definition) is 4. The number of alkyl halides is 1. The van der Waals surface area contributed by atoms with Crippen molar-refractivity contribution in [3.05, 3.63) is 65.7 Å². The maximum atomic E-state index is 15.8. The normalized spacial score (nSPS) is 23.5. The number of sulfone groups is 1. The molecule has 0 N–H and O–H groups in total. The molecule has 4 nitrogen and oxygen atoms in total. The van der Waals surface area contributed by atoms with Crippen LogP contribution in [0.3, 0.4) is 0 Å². The molecule has 0 amide bonds. The molecule has 0 bridgehead atoms. The lowest BCUT2D eigenvalue weighted by atomic mass is 9.64. The highest BCUT2D eigenvalue weighted by molar-refractivity contribution is 7.90. The summed E-state index contributed by atoms with van der Waals surface area (Å²) in [5.41, 5.74) is -1.35. The maximum absolute atomic E-state index is 15.8. The van der Waals surface area contributed by atoms with Gasteiger partial charge < -0.3 is 4.74 Å². The third-order valence-corrected chi connectivity index (χ3v) is 6.32. The summed E-state index contributed by atoms with van der Waals surface area (Å²) in [6, 6.07) is 14.7. The van der Waals surface area contributed by atoms with Gasteiger partial charge in [0.05, 0.1) is 16.7 Å². The van der Waals surface area contributed by atoms with Crippen LogP contribution in [-0.2, 0) is 24.8 Å². The number of carbonyl (C=O) groups is 1. The molecule has 1 heterocycles. The molecule has 1 saturated heterocycles. The van der Waals surface area contributed by atoms with Crippen LogP contribution in [0.25, 0.3) is 0 Å². The van der Waals surface area contributed by atoms with Gasteiger partial charge in [-0.2, -0.15) is 0 Å². The molecule has 1 aliphatic heterocycles. The molecular formula is C20H21FO4S. The number of hydrogen-bond donors (Lipinski definition) is 0. The second-order valence-electron chi connectivity index (χ2n) is 7.20. The first-order valence-electron chi connectivity index (χ1n) is 8.29. The summed E-state index contributed by atoms with van der Waals surface area (Å²) in [7, 11) is -3.37. The third kappa shape index (κ3) is 2.92. The Labute approximate surface area is 152 Å². The van der Waals surface area contributed by atoms with Gasteiger partial charge in [-0.15, -0.1) is 0 Å². The highest BCUT2D eigenvalue weighted by Gasteiger charge is 2.61. The van der Waals surface area contributed by atoms with Crippen LogP contribution >= 0.6 is 0 Å². The highest BCUT2D eigenvalue weighted by Crippen LogP contribution is 2.55. The molecule has 2 aromatic carbocycles. The van der Waals surface area contributed by atoms with Gasteiger partial charge in [-0.05, 0) is 37.1 Å². The molecule has 0 spiro atoms. The molecular weight excluding hydrogens is 355 g/mol. The first kappa shape index (κ1) is 18.6. The van der Waals surface area contributed by atoms with Crippen LogP contribution in [0.5, 0.6) is 0 Å². The molecule has 0 aromatic heterocycles. The van der Waals surface area contributed by atoms with Gasteiger partial charge in [-0.1, -0.05) is 42.5 Å². The molecule has 26 heavy (non-hydrogen) atoms. The van der Waals surface area contributed by atoms with Crippen molar-refractivity contribution in [3.63, 3.8) is 0 Å². The van der Waals surface area contributed by atoms with Gasteiger partial charge in [0.15, 0.2) is 9.84 Å². The minimum Gasteiger partial charge on any atom is -0.459 e. The Morgan fingerprint density at radius 2 is 1.62 bits per heavy atom. The van der Waals surface area contributed by atoms with Crippen LogP contribution in [0.4, 0.5) is 4.39 Å². The van der Waals surface area contributed by atoms with E-state index in [1.165, 1.54) is 12.1 Å². The molecule has 2 unspecified atom stereocenters. The average Bonchev–Trinajstić information content (AvgIpc) is 2.83. The van der Waals surface area contributed by atoms with E-state index < -0.39 is 33.0 Å². The van der Waals surface area contributed by atoms with Gasteiger partial charge in [0.1, 0.15) is 11.8 Å². The number of rotatable bonds is 4.